The van der Waals surface area contributed by atoms with Crippen molar-refractivity contribution in [1.82, 2.24) is 0 Å². The van der Waals surface area contributed by atoms with Crippen LogP contribution >= 0.6 is 12.2 Å². The van der Waals surface area contributed by atoms with Crippen LogP contribution in [0.5, 0.6) is 0 Å². The fourth-order valence-corrected chi connectivity index (χ4v) is 2.09. The van der Waals surface area contributed by atoms with Gasteiger partial charge in [-0.15, -0.1) is 0 Å². The van der Waals surface area contributed by atoms with Crippen LogP contribution in [0.1, 0.15) is 51.9 Å². The summed E-state index contributed by atoms with van der Waals surface area (Å²) in [7, 11) is 0. The molecule has 3 heteroatoms. The van der Waals surface area contributed by atoms with Crippen molar-refractivity contribution < 1.29 is 9.90 Å². The highest BCUT2D eigenvalue weighted by Gasteiger charge is 2.10. The first-order chi connectivity index (χ1) is 11.7. The van der Waals surface area contributed by atoms with Gasteiger partial charge in [-0.25, -0.2) is 0 Å². The topological polar surface area (TPSA) is 37.3 Å². The van der Waals surface area contributed by atoms with Gasteiger partial charge in [-0.2, -0.15) is 0 Å². The molecule has 0 spiro atoms. The molecule has 0 radical (unpaired) electrons. The van der Waals surface area contributed by atoms with Gasteiger partial charge in [0.05, 0.1) is 5.92 Å². The van der Waals surface area contributed by atoms with Crippen molar-refractivity contribution in [2.45, 2.75) is 51.9 Å². The molecule has 0 bridgehead atoms. The van der Waals surface area contributed by atoms with Gasteiger partial charge in [0, 0.05) is 0 Å². The second-order valence-corrected chi connectivity index (χ2v) is 5.64. The summed E-state index contributed by atoms with van der Waals surface area (Å²) in [6, 6.07) is 0. The van der Waals surface area contributed by atoms with Gasteiger partial charge in [-0.3, -0.25) is 4.79 Å². The average Bonchev–Trinajstić information content (AvgIpc) is 2.57. The lowest BCUT2D eigenvalue weighted by Crippen LogP contribution is -2.12. The Kier molecular flexibility index (Phi) is 16.3. The standard InChI is InChI=1S/C21H30O2S/c1-2-3-4-5-6-7-8-9-10-11-12-13-14-15-16-17-18-20(19-24)21(22)23/h3-4,6-7,9-10,12-13,16-17,19-20H,2,5,8,11,14-15,18H2,1H3,(H,22,23)/b4-3-,7-6-,10-9-,13-12-,17-16+. The van der Waals surface area contributed by atoms with Crippen LogP contribution < -0.4 is 0 Å². The van der Waals surface area contributed by atoms with Crippen LogP contribution in [0.25, 0.3) is 0 Å². The summed E-state index contributed by atoms with van der Waals surface area (Å²) in [5.74, 6) is -1.40. The number of thiocarbonyl (C=S) groups is 1. The van der Waals surface area contributed by atoms with Gasteiger partial charge in [0.1, 0.15) is 0 Å². The van der Waals surface area contributed by atoms with Gasteiger partial charge in [0.15, 0.2) is 0 Å². The van der Waals surface area contributed by atoms with E-state index in [1.807, 2.05) is 12.2 Å². The van der Waals surface area contributed by atoms with E-state index in [1.54, 1.807) is 0 Å². The molecule has 1 atom stereocenters. The highest BCUT2D eigenvalue weighted by molar-refractivity contribution is 7.79. The van der Waals surface area contributed by atoms with Crippen molar-refractivity contribution in [2.75, 3.05) is 0 Å². The Hall–Kier alpha value is -1.74. The SMILES string of the molecule is CC/C=C\C/C=C\C/C=C\C/C=C\CC/C=C/CC(C=S)C(=O)O. The Labute approximate surface area is 152 Å². The van der Waals surface area contributed by atoms with Crippen molar-refractivity contribution in [2.24, 2.45) is 5.92 Å². The smallest absolute Gasteiger partial charge is 0.311 e. The zero-order chi connectivity index (χ0) is 17.9. The summed E-state index contributed by atoms with van der Waals surface area (Å²) < 4.78 is 0. The molecule has 0 rings (SSSR count). The number of carboxylic acid groups (broad SMARTS) is 1. The molecule has 0 saturated heterocycles. The molecule has 0 aliphatic carbocycles. The number of rotatable bonds is 14. The third-order valence-electron chi connectivity index (χ3n) is 3.26. The van der Waals surface area contributed by atoms with Gasteiger partial charge >= 0.3 is 5.97 Å². The maximum atomic E-state index is 10.8. The number of hydrogen-bond acceptors (Lipinski definition) is 2. The number of carbonyl (C=O) groups is 1. The van der Waals surface area contributed by atoms with E-state index < -0.39 is 11.9 Å². The Balaban J connectivity index is 3.62. The van der Waals surface area contributed by atoms with Gasteiger partial charge in [-0.1, -0.05) is 79.9 Å². The van der Waals surface area contributed by atoms with Gasteiger partial charge in [0.25, 0.3) is 0 Å². The molecule has 0 aromatic carbocycles. The van der Waals surface area contributed by atoms with Crippen LogP contribution in [0.4, 0.5) is 0 Å². The molecule has 0 aliphatic rings. The zero-order valence-electron chi connectivity index (χ0n) is 14.6. The van der Waals surface area contributed by atoms with Crippen LogP contribution in [-0.4, -0.2) is 16.4 Å². The summed E-state index contributed by atoms with van der Waals surface area (Å²) in [5, 5.41) is 10.2. The summed E-state index contributed by atoms with van der Waals surface area (Å²) in [5.41, 5.74) is 0. The molecule has 1 N–H and O–H groups in total. The summed E-state index contributed by atoms with van der Waals surface area (Å²) in [6.45, 7) is 2.14. The van der Waals surface area contributed by atoms with Crippen molar-refractivity contribution in [3.05, 3.63) is 60.8 Å². The number of hydrogen-bond donors (Lipinski definition) is 1. The molecule has 0 fully saturated rings. The number of unbranched alkanes of at least 4 members (excludes halogenated alkanes) is 1. The molecule has 0 saturated carbocycles. The first kappa shape index (κ1) is 22.3. The lowest BCUT2D eigenvalue weighted by atomic mass is 10.1. The average molecular weight is 347 g/mol. The van der Waals surface area contributed by atoms with Gasteiger partial charge in [-0.05, 0) is 50.3 Å². The molecule has 0 heterocycles. The number of allylic oxidation sites excluding steroid dienone is 10. The van der Waals surface area contributed by atoms with E-state index >= 15 is 0 Å². The minimum absolute atomic E-state index is 0.479. The molecule has 0 aromatic rings. The van der Waals surface area contributed by atoms with E-state index in [4.69, 9.17) is 17.3 Å². The fourth-order valence-electron chi connectivity index (χ4n) is 1.87. The first-order valence-electron chi connectivity index (χ1n) is 8.65. The summed E-state index contributed by atoms with van der Waals surface area (Å²) >= 11 is 4.70. The third kappa shape index (κ3) is 15.2. The molecule has 2 nitrogen and oxygen atoms in total. The monoisotopic (exact) mass is 346 g/mol. The predicted octanol–water partition coefficient (Wildman–Crippen LogP) is 6.22. The Morgan fingerprint density at radius 1 is 0.833 bits per heavy atom. The number of carboxylic acids is 1. The Morgan fingerprint density at radius 2 is 1.29 bits per heavy atom. The van der Waals surface area contributed by atoms with Crippen LogP contribution in [-0.2, 0) is 4.79 Å². The molecule has 132 valence electrons. The van der Waals surface area contributed by atoms with Crippen LogP contribution in [0.3, 0.4) is 0 Å². The normalized spacial score (nSPS) is 13.9. The second kappa shape index (κ2) is 17.6. The largest absolute Gasteiger partial charge is 0.481 e. The van der Waals surface area contributed by atoms with E-state index in [-0.39, 0.29) is 0 Å². The quantitative estimate of drug-likeness (QED) is 0.230. The van der Waals surface area contributed by atoms with Crippen molar-refractivity contribution in [1.29, 1.82) is 0 Å². The summed E-state index contributed by atoms with van der Waals surface area (Å²) in [6.07, 6.45) is 27.8. The fraction of sp³-hybridized carbons (Fsp3) is 0.429. The highest BCUT2D eigenvalue weighted by Crippen LogP contribution is 2.04. The molecule has 0 amide bonds. The zero-order valence-corrected chi connectivity index (χ0v) is 15.5. The van der Waals surface area contributed by atoms with Gasteiger partial charge < -0.3 is 5.11 Å². The second-order valence-electron chi connectivity index (χ2n) is 5.37. The van der Waals surface area contributed by atoms with Crippen molar-refractivity contribution in [3.63, 3.8) is 0 Å². The lowest BCUT2D eigenvalue weighted by molar-refractivity contribution is -0.139. The van der Waals surface area contributed by atoms with E-state index in [2.05, 4.69) is 55.5 Å². The molecular formula is C21H30O2S. The maximum Gasteiger partial charge on any atom is 0.311 e. The minimum Gasteiger partial charge on any atom is -0.481 e. The van der Waals surface area contributed by atoms with E-state index in [0.717, 1.165) is 38.5 Å². The lowest BCUT2D eigenvalue weighted by Gasteiger charge is -2.00. The number of aliphatic carboxylic acids is 1. The molecule has 0 aliphatic heterocycles. The summed E-state index contributed by atoms with van der Waals surface area (Å²) in [4.78, 5) is 10.8. The molecular weight excluding hydrogens is 316 g/mol. The van der Waals surface area contributed by atoms with E-state index in [9.17, 15) is 4.79 Å². The first-order valence-corrected chi connectivity index (χ1v) is 9.12. The Bertz CT molecular complexity index is 470. The van der Waals surface area contributed by atoms with Crippen molar-refractivity contribution >= 4 is 23.6 Å². The molecule has 0 aromatic heterocycles. The maximum absolute atomic E-state index is 10.8. The van der Waals surface area contributed by atoms with Crippen molar-refractivity contribution in [3.8, 4) is 0 Å². The Morgan fingerprint density at radius 3 is 1.75 bits per heavy atom. The van der Waals surface area contributed by atoms with Crippen LogP contribution in [0.15, 0.2) is 60.8 Å². The van der Waals surface area contributed by atoms with E-state index in [1.165, 1.54) is 5.37 Å². The molecule has 24 heavy (non-hydrogen) atoms. The van der Waals surface area contributed by atoms with Crippen LogP contribution in [0, 0.1) is 5.92 Å². The third-order valence-corrected chi connectivity index (χ3v) is 3.59. The van der Waals surface area contributed by atoms with Crippen LogP contribution in [0.2, 0.25) is 0 Å². The minimum atomic E-state index is -0.853. The van der Waals surface area contributed by atoms with E-state index in [0.29, 0.717) is 6.42 Å². The molecule has 1 unspecified atom stereocenters. The van der Waals surface area contributed by atoms with Gasteiger partial charge in [0.2, 0.25) is 0 Å². The highest BCUT2D eigenvalue weighted by atomic mass is 32.1. The predicted molar refractivity (Wildman–Crippen MR) is 108 cm³/mol.